The summed E-state index contributed by atoms with van der Waals surface area (Å²) in [6.07, 6.45) is -2.75. The van der Waals surface area contributed by atoms with E-state index in [1.165, 1.54) is 0 Å². The van der Waals surface area contributed by atoms with Gasteiger partial charge in [-0.05, 0) is 39.2 Å². The average molecular weight is 280 g/mol. The molecule has 1 N–H and O–H groups in total. The molecule has 0 bridgehead atoms. The molecule has 1 saturated heterocycles. The third-order valence-electron chi connectivity index (χ3n) is 4.37. The van der Waals surface area contributed by atoms with E-state index < -0.39 is 18.6 Å². The monoisotopic (exact) mass is 280 g/mol. The van der Waals surface area contributed by atoms with Gasteiger partial charge in [0, 0.05) is 24.7 Å². The van der Waals surface area contributed by atoms with E-state index in [1.807, 2.05) is 4.90 Å². The summed E-state index contributed by atoms with van der Waals surface area (Å²) in [5.74, 6) is 0.385. The maximum Gasteiger partial charge on any atom is 0.390 e. The van der Waals surface area contributed by atoms with Crippen LogP contribution >= 0.6 is 0 Å². The summed E-state index contributed by atoms with van der Waals surface area (Å²) >= 11 is 0. The van der Waals surface area contributed by atoms with E-state index in [2.05, 4.69) is 26.1 Å². The Balaban J connectivity index is 2.56. The van der Waals surface area contributed by atoms with Gasteiger partial charge in [0.1, 0.15) is 0 Å². The molecule has 4 atom stereocenters. The van der Waals surface area contributed by atoms with Crippen LogP contribution in [-0.2, 0) is 0 Å². The van der Waals surface area contributed by atoms with Crippen molar-refractivity contribution in [2.75, 3.05) is 13.1 Å². The Morgan fingerprint density at radius 3 is 2.47 bits per heavy atom. The number of hydrogen-bond donors (Lipinski definition) is 1. The lowest BCUT2D eigenvalue weighted by Gasteiger charge is -2.46. The van der Waals surface area contributed by atoms with E-state index in [-0.39, 0.29) is 6.04 Å². The van der Waals surface area contributed by atoms with Crippen molar-refractivity contribution < 1.29 is 13.2 Å². The summed E-state index contributed by atoms with van der Waals surface area (Å²) in [5.41, 5.74) is 0. The minimum atomic E-state index is -4.07. The van der Waals surface area contributed by atoms with Crippen LogP contribution in [0, 0.1) is 5.92 Å². The molecule has 1 fully saturated rings. The van der Waals surface area contributed by atoms with E-state index in [0.29, 0.717) is 12.0 Å². The zero-order chi connectivity index (χ0) is 14.6. The quantitative estimate of drug-likeness (QED) is 0.830. The Labute approximate surface area is 114 Å². The highest BCUT2D eigenvalue weighted by molar-refractivity contribution is 4.91. The summed E-state index contributed by atoms with van der Waals surface area (Å²) in [4.78, 5) is 2.02. The third kappa shape index (κ3) is 4.95. The molecule has 1 rings (SSSR count). The maximum absolute atomic E-state index is 12.5. The van der Waals surface area contributed by atoms with Gasteiger partial charge in [0.2, 0.25) is 0 Å². The number of piperidine rings is 1. The van der Waals surface area contributed by atoms with E-state index in [1.54, 1.807) is 6.92 Å². The fourth-order valence-corrected chi connectivity index (χ4v) is 3.08. The van der Waals surface area contributed by atoms with Gasteiger partial charge in [-0.15, -0.1) is 0 Å². The Hall–Kier alpha value is -0.290. The molecule has 0 aromatic heterocycles. The van der Waals surface area contributed by atoms with Gasteiger partial charge in [-0.1, -0.05) is 13.8 Å². The van der Waals surface area contributed by atoms with Gasteiger partial charge >= 0.3 is 6.18 Å². The highest BCUT2D eigenvalue weighted by Crippen LogP contribution is 2.30. The van der Waals surface area contributed by atoms with Crippen LogP contribution in [0.1, 0.15) is 47.0 Å². The highest BCUT2D eigenvalue weighted by atomic mass is 19.4. The number of likely N-dealkylation sites (tertiary alicyclic amines) is 1. The van der Waals surface area contributed by atoms with Crippen LogP contribution in [-0.4, -0.2) is 42.3 Å². The fraction of sp³-hybridized carbons (Fsp3) is 1.00. The number of rotatable bonds is 5. The lowest BCUT2D eigenvalue weighted by molar-refractivity contribution is -0.150. The molecule has 114 valence electrons. The van der Waals surface area contributed by atoms with Crippen molar-refractivity contribution in [2.45, 2.75) is 71.3 Å². The lowest BCUT2D eigenvalue weighted by Crippen LogP contribution is -2.56. The summed E-state index contributed by atoms with van der Waals surface area (Å²) in [6.45, 7) is 9.75. The largest absolute Gasteiger partial charge is 0.390 e. The molecule has 0 amide bonds. The number of hydrogen-bond acceptors (Lipinski definition) is 2. The van der Waals surface area contributed by atoms with Crippen LogP contribution in [0.4, 0.5) is 13.2 Å². The van der Waals surface area contributed by atoms with Crippen molar-refractivity contribution in [3.63, 3.8) is 0 Å². The maximum atomic E-state index is 12.5. The predicted molar refractivity (Wildman–Crippen MR) is 72.2 cm³/mol. The number of halogens is 3. The smallest absolute Gasteiger partial charge is 0.314 e. The molecule has 5 heteroatoms. The minimum Gasteiger partial charge on any atom is -0.314 e. The van der Waals surface area contributed by atoms with Crippen LogP contribution in [0.2, 0.25) is 0 Å². The number of nitrogens with one attached hydrogen (secondary N) is 1. The topological polar surface area (TPSA) is 15.3 Å². The molecule has 0 spiro atoms. The summed E-state index contributed by atoms with van der Waals surface area (Å²) in [6, 6.07) is 0.203. The first-order chi connectivity index (χ1) is 8.76. The molecule has 1 aliphatic rings. The first kappa shape index (κ1) is 16.8. The first-order valence-corrected chi connectivity index (χ1v) is 7.32. The second-order valence-corrected chi connectivity index (χ2v) is 5.86. The van der Waals surface area contributed by atoms with Crippen LogP contribution < -0.4 is 5.32 Å². The van der Waals surface area contributed by atoms with E-state index in [4.69, 9.17) is 0 Å². The first-order valence-electron chi connectivity index (χ1n) is 7.32. The zero-order valence-corrected chi connectivity index (χ0v) is 12.4. The van der Waals surface area contributed by atoms with Crippen molar-refractivity contribution in [3.05, 3.63) is 0 Å². The van der Waals surface area contributed by atoms with Gasteiger partial charge in [-0.2, -0.15) is 13.2 Å². The van der Waals surface area contributed by atoms with Gasteiger partial charge in [-0.3, -0.25) is 4.90 Å². The predicted octanol–water partition coefficient (Wildman–Crippen LogP) is 3.43. The van der Waals surface area contributed by atoms with Crippen molar-refractivity contribution >= 4 is 0 Å². The normalized spacial score (nSPS) is 31.4. The van der Waals surface area contributed by atoms with Gasteiger partial charge in [0.15, 0.2) is 0 Å². The molecule has 0 saturated carbocycles. The Morgan fingerprint density at radius 1 is 1.32 bits per heavy atom. The third-order valence-corrected chi connectivity index (χ3v) is 4.37. The van der Waals surface area contributed by atoms with Gasteiger partial charge < -0.3 is 5.32 Å². The van der Waals surface area contributed by atoms with Crippen molar-refractivity contribution in [1.29, 1.82) is 0 Å². The average Bonchev–Trinajstić information content (AvgIpc) is 2.28. The summed E-state index contributed by atoms with van der Waals surface area (Å²) in [5, 5.41) is 3.51. The van der Waals surface area contributed by atoms with Gasteiger partial charge in [0.05, 0.1) is 6.42 Å². The molecule has 1 heterocycles. The second-order valence-electron chi connectivity index (χ2n) is 5.86. The van der Waals surface area contributed by atoms with Crippen molar-refractivity contribution in [3.8, 4) is 0 Å². The highest BCUT2D eigenvalue weighted by Gasteiger charge is 2.38. The number of nitrogens with zero attached hydrogens (tertiary/aromatic N) is 1. The van der Waals surface area contributed by atoms with Crippen molar-refractivity contribution in [2.24, 2.45) is 5.92 Å². The molecule has 0 aromatic rings. The standard InChI is InChI=1S/C14H27F3N2/c1-5-7-18-13-6-8-19(12(4)11(13)3)10(2)9-14(15,16)17/h10-13,18H,5-9H2,1-4H3. The molecule has 19 heavy (non-hydrogen) atoms. The SMILES string of the molecule is CCCNC1CCN(C(C)CC(F)(F)F)C(C)C1C. The Kier molecular flexibility index (Phi) is 6.12. The molecule has 4 unspecified atom stereocenters. The summed E-state index contributed by atoms with van der Waals surface area (Å²) < 4.78 is 37.5. The molecule has 0 radical (unpaired) electrons. The fourth-order valence-electron chi connectivity index (χ4n) is 3.08. The molecule has 1 aliphatic heterocycles. The van der Waals surface area contributed by atoms with Crippen LogP contribution in [0.3, 0.4) is 0 Å². The van der Waals surface area contributed by atoms with Crippen LogP contribution in [0.15, 0.2) is 0 Å². The van der Waals surface area contributed by atoms with Crippen LogP contribution in [0.25, 0.3) is 0 Å². The molecule has 0 aromatic carbocycles. The van der Waals surface area contributed by atoms with Gasteiger partial charge in [-0.25, -0.2) is 0 Å². The van der Waals surface area contributed by atoms with Crippen molar-refractivity contribution in [1.82, 2.24) is 10.2 Å². The number of alkyl halides is 3. The Bertz CT molecular complexity index is 268. The molecule has 0 aliphatic carbocycles. The van der Waals surface area contributed by atoms with E-state index in [9.17, 15) is 13.2 Å². The van der Waals surface area contributed by atoms with Crippen LogP contribution in [0.5, 0.6) is 0 Å². The van der Waals surface area contributed by atoms with Gasteiger partial charge in [0.25, 0.3) is 0 Å². The lowest BCUT2D eigenvalue weighted by atomic mass is 9.85. The molecule has 2 nitrogen and oxygen atoms in total. The van der Waals surface area contributed by atoms with E-state index >= 15 is 0 Å². The minimum absolute atomic E-state index is 0.195. The Morgan fingerprint density at radius 2 is 1.95 bits per heavy atom. The van der Waals surface area contributed by atoms with E-state index in [0.717, 1.165) is 25.9 Å². The zero-order valence-electron chi connectivity index (χ0n) is 12.4. The molecular weight excluding hydrogens is 253 g/mol. The molecular formula is C14H27F3N2. The summed E-state index contributed by atoms with van der Waals surface area (Å²) in [7, 11) is 0. The second kappa shape index (κ2) is 6.93.